The lowest BCUT2D eigenvalue weighted by Gasteiger charge is -2.07. The van der Waals surface area contributed by atoms with Gasteiger partial charge in [0.1, 0.15) is 16.0 Å². The van der Waals surface area contributed by atoms with Crippen molar-refractivity contribution in [3.8, 4) is 11.5 Å². The summed E-state index contributed by atoms with van der Waals surface area (Å²) in [7, 11) is 0. The molecule has 9 heteroatoms. The van der Waals surface area contributed by atoms with Gasteiger partial charge in [0.05, 0.1) is 17.2 Å². The highest BCUT2D eigenvalue weighted by Gasteiger charge is 2.12. The molecule has 1 amide bonds. The molecule has 6 nitrogen and oxygen atoms in total. The summed E-state index contributed by atoms with van der Waals surface area (Å²) in [5.41, 5.74) is 3.52. The SMILES string of the molecule is O=C(CNc1ccc(I)cc1)N/N=C\c1cc(Br)c(O)c(Br)c1O. The number of amides is 1. The van der Waals surface area contributed by atoms with Crippen LogP contribution in [0.4, 0.5) is 5.69 Å². The minimum atomic E-state index is -0.332. The maximum absolute atomic E-state index is 11.7. The Bertz CT molecular complexity index is 783. The molecule has 2 rings (SSSR count). The number of benzene rings is 2. The van der Waals surface area contributed by atoms with Gasteiger partial charge in [-0.05, 0) is 84.8 Å². The third-order valence-corrected chi connectivity index (χ3v) is 4.96. The number of hydrogen-bond acceptors (Lipinski definition) is 5. The van der Waals surface area contributed by atoms with Gasteiger partial charge in [-0.15, -0.1) is 0 Å². The highest BCUT2D eigenvalue weighted by Crippen LogP contribution is 2.40. The quantitative estimate of drug-likeness (QED) is 0.251. The number of rotatable bonds is 5. The van der Waals surface area contributed by atoms with Crippen LogP contribution in [0.3, 0.4) is 0 Å². The average Bonchev–Trinajstić information content (AvgIpc) is 2.57. The third kappa shape index (κ3) is 5.08. The third-order valence-electron chi connectivity index (χ3n) is 2.89. The first-order valence-corrected chi connectivity index (χ1v) is 9.26. The van der Waals surface area contributed by atoms with E-state index in [9.17, 15) is 15.0 Å². The molecule has 2 aromatic rings. The minimum Gasteiger partial charge on any atom is -0.506 e. The Morgan fingerprint density at radius 3 is 2.54 bits per heavy atom. The van der Waals surface area contributed by atoms with Gasteiger partial charge in [0.25, 0.3) is 5.91 Å². The lowest BCUT2D eigenvalue weighted by molar-refractivity contribution is -0.119. The van der Waals surface area contributed by atoms with Gasteiger partial charge in [-0.2, -0.15) is 5.10 Å². The summed E-state index contributed by atoms with van der Waals surface area (Å²) in [6, 6.07) is 9.10. The maximum atomic E-state index is 11.7. The van der Waals surface area contributed by atoms with Crippen LogP contribution in [0.15, 0.2) is 44.4 Å². The molecule has 0 heterocycles. The maximum Gasteiger partial charge on any atom is 0.259 e. The zero-order valence-electron chi connectivity index (χ0n) is 12.1. The van der Waals surface area contributed by atoms with E-state index < -0.39 is 0 Å². The highest BCUT2D eigenvalue weighted by atomic mass is 127. The number of carbonyl (C=O) groups is 1. The topological polar surface area (TPSA) is 94.0 Å². The van der Waals surface area contributed by atoms with E-state index in [0.717, 1.165) is 9.26 Å². The first kappa shape index (κ1) is 19.0. The summed E-state index contributed by atoms with van der Waals surface area (Å²) in [4.78, 5) is 11.7. The van der Waals surface area contributed by atoms with Crippen molar-refractivity contribution in [2.24, 2.45) is 5.10 Å². The fourth-order valence-electron chi connectivity index (χ4n) is 1.68. The Labute approximate surface area is 168 Å². The number of hydrazone groups is 1. The molecule has 2 aromatic carbocycles. The van der Waals surface area contributed by atoms with Gasteiger partial charge in [0, 0.05) is 14.8 Å². The summed E-state index contributed by atoms with van der Waals surface area (Å²) in [6.45, 7) is 0.0624. The van der Waals surface area contributed by atoms with E-state index in [2.05, 4.69) is 70.3 Å². The summed E-state index contributed by atoms with van der Waals surface area (Å²) in [5.74, 6) is -0.623. The van der Waals surface area contributed by atoms with Crippen LogP contribution in [0.1, 0.15) is 5.56 Å². The molecule has 0 unspecified atom stereocenters. The van der Waals surface area contributed by atoms with Crippen LogP contribution >= 0.6 is 54.5 Å². The lowest BCUT2D eigenvalue weighted by atomic mass is 10.2. The van der Waals surface area contributed by atoms with Crippen LogP contribution in [-0.2, 0) is 4.79 Å². The molecular weight excluding hydrogens is 557 g/mol. The van der Waals surface area contributed by atoms with Crippen LogP contribution in [0.25, 0.3) is 0 Å². The Morgan fingerprint density at radius 1 is 1.21 bits per heavy atom. The normalized spacial score (nSPS) is 10.8. The Hall–Kier alpha value is -1.33. The first-order valence-electron chi connectivity index (χ1n) is 6.59. The number of phenols is 2. The van der Waals surface area contributed by atoms with Crippen LogP contribution in [0.5, 0.6) is 11.5 Å². The van der Waals surface area contributed by atoms with E-state index in [4.69, 9.17) is 0 Å². The zero-order valence-corrected chi connectivity index (χ0v) is 17.4. The summed E-state index contributed by atoms with van der Waals surface area (Å²) < 4.78 is 1.64. The predicted octanol–water partition coefficient (Wildman–Crippen LogP) is 3.79. The Morgan fingerprint density at radius 2 is 1.88 bits per heavy atom. The molecular formula is C15H12Br2IN3O3. The molecule has 4 N–H and O–H groups in total. The molecule has 24 heavy (non-hydrogen) atoms. The van der Waals surface area contributed by atoms with E-state index in [-0.39, 0.29) is 28.4 Å². The number of carbonyl (C=O) groups excluding carboxylic acids is 1. The van der Waals surface area contributed by atoms with E-state index in [1.54, 1.807) is 0 Å². The Kier molecular flexibility index (Phi) is 6.87. The molecule has 0 spiro atoms. The summed E-state index contributed by atoms with van der Waals surface area (Å²) in [6.07, 6.45) is 1.28. The number of aromatic hydroxyl groups is 2. The van der Waals surface area contributed by atoms with E-state index in [1.165, 1.54) is 12.3 Å². The number of phenolic OH excluding ortho intramolecular Hbond substituents is 2. The molecule has 0 saturated heterocycles. The van der Waals surface area contributed by atoms with E-state index >= 15 is 0 Å². The van der Waals surface area contributed by atoms with Crippen LogP contribution < -0.4 is 10.7 Å². The largest absolute Gasteiger partial charge is 0.506 e. The molecule has 126 valence electrons. The van der Waals surface area contributed by atoms with Crippen molar-refractivity contribution < 1.29 is 15.0 Å². The lowest BCUT2D eigenvalue weighted by Crippen LogP contribution is -2.25. The smallest absolute Gasteiger partial charge is 0.259 e. The van der Waals surface area contributed by atoms with E-state index in [0.29, 0.717) is 10.0 Å². The van der Waals surface area contributed by atoms with Crippen molar-refractivity contribution in [1.29, 1.82) is 0 Å². The van der Waals surface area contributed by atoms with Crippen LogP contribution in [0, 0.1) is 3.57 Å². The molecule has 0 bridgehead atoms. The standard InChI is InChI=1S/C15H12Br2IN3O3/c16-11-5-8(14(23)13(17)15(11)24)6-20-21-12(22)7-19-10-3-1-9(18)2-4-10/h1-6,19,23-24H,7H2,(H,21,22)/b20-6-. The molecule has 0 aliphatic rings. The van der Waals surface area contributed by atoms with Crippen molar-refractivity contribution >= 4 is 72.3 Å². The van der Waals surface area contributed by atoms with Crippen LogP contribution in [0.2, 0.25) is 0 Å². The molecule has 0 aliphatic carbocycles. The Balaban J connectivity index is 1.92. The summed E-state index contributed by atoms with van der Waals surface area (Å²) >= 11 is 8.43. The predicted molar refractivity (Wildman–Crippen MR) is 109 cm³/mol. The average molecular weight is 569 g/mol. The molecule has 0 fully saturated rings. The van der Waals surface area contributed by atoms with Crippen molar-refractivity contribution in [3.05, 3.63) is 48.4 Å². The van der Waals surface area contributed by atoms with Crippen molar-refractivity contribution in [2.75, 3.05) is 11.9 Å². The van der Waals surface area contributed by atoms with Gasteiger partial charge in [-0.1, -0.05) is 0 Å². The number of halogens is 3. The molecule has 0 aliphatic heterocycles. The number of nitrogens with one attached hydrogen (secondary N) is 2. The number of nitrogens with zero attached hydrogens (tertiary/aromatic N) is 1. The first-order chi connectivity index (χ1) is 11.4. The second-order valence-electron chi connectivity index (χ2n) is 4.61. The fourth-order valence-corrected chi connectivity index (χ4v) is 3.19. The second-order valence-corrected chi connectivity index (χ2v) is 7.51. The number of anilines is 1. The van der Waals surface area contributed by atoms with Crippen molar-refractivity contribution in [3.63, 3.8) is 0 Å². The van der Waals surface area contributed by atoms with Gasteiger partial charge in [0.15, 0.2) is 0 Å². The molecule has 0 saturated carbocycles. The second kappa shape index (κ2) is 8.67. The monoisotopic (exact) mass is 567 g/mol. The van der Waals surface area contributed by atoms with Gasteiger partial charge in [-0.3, -0.25) is 4.79 Å². The van der Waals surface area contributed by atoms with Gasteiger partial charge >= 0.3 is 0 Å². The molecule has 0 aromatic heterocycles. The molecule has 0 radical (unpaired) electrons. The van der Waals surface area contributed by atoms with Crippen LogP contribution in [-0.4, -0.2) is 28.9 Å². The molecule has 0 atom stereocenters. The van der Waals surface area contributed by atoms with Crippen molar-refractivity contribution in [1.82, 2.24) is 5.43 Å². The minimum absolute atomic E-state index is 0.0624. The summed E-state index contributed by atoms with van der Waals surface area (Å²) in [5, 5.41) is 26.3. The number of hydrogen-bond donors (Lipinski definition) is 4. The highest BCUT2D eigenvalue weighted by molar-refractivity contribution is 14.1. The zero-order chi connectivity index (χ0) is 17.7. The fraction of sp³-hybridized carbons (Fsp3) is 0.0667. The van der Waals surface area contributed by atoms with Crippen molar-refractivity contribution in [2.45, 2.75) is 0 Å². The van der Waals surface area contributed by atoms with Gasteiger partial charge in [-0.25, -0.2) is 5.43 Å². The van der Waals surface area contributed by atoms with Gasteiger partial charge in [0.2, 0.25) is 0 Å². The van der Waals surface area contributed by atoms with E-state index in [1.807, 2.05) is 24.3 Å². The van der Waals surface area contributed by atoms with Gasteiger partial charge < -0.3 is 15.5 Å².